The molecular formula is C13H15N3O2. The van der Waals surface area contributed by atoms with Crippen LogP contribution in [0.4, 0.5) is 5.69 Å². The summed E-state index contributed by atoms with van der Waals surface area (Å²) in [6.45, 7) is 4.10. The summed E-state index contributed by atoms with van der Waals surface area (Å²) in [7, 11) is 0. The van der Waals surface area contributed by atoms with E-state index in [1.807, 2.05) is 31.2 Å². The Morgan fingerprint density at radius 1 is 1.33 bits per heavy atom. The van der Waals surface area contributed by atoms with E-state index in [0.29, 0.717) is 24.7 Å². The molecule has 0 saturated carbocycles. The van der Waals surface area contributed by atoms with Crippen molar-refractivity contribution in [2.24, 2.45) is 0 Å². The van der Waals surface area contributed by atoms with E-state index in [1.165, 1.54) is 0 Å². The molecule has 0 amide bonds. The molecule has 0 fully saturated rings. The lowest BCUT2D eigenvalue weighted by Gasteiger charge is -2.04. The van der Waals surface area contributed by atoms with Crippen molar-refractivity contribution in [3.8, 4) is 0 Å². The molecule has 1 heterocycles. The van der Waals surface area contributed by atoms with Crippen molar-refractivity contribution in [2.45, 2.75) is 26.8 Å². The normalized spacial score (nSPS) is 10.3. The van der Waals surface area contributed by atoms with Gasteiger partial charge in [-0.2, -0.15) is 4.98 Å². The molecule has 0 aliphatic rings. The summed E-state index contributed by atoms with van der Waals surface area (Å²) in [5.41, 5.74) is 1.65. The zero-order chi connectivity index (χ0) is 13.0. The van der Waals surface area contributed by atoms with E-state index in [1.54, 1.807) is 6.92 Å². The van der Waals surface area contributed by atoms with Crippen molar-refractivity contribution in [1.29, 1.82) is 0 Å². The Balaban J connectivity index is 1.96. The van der Waals surface area contributed by atoms with Crippen molar-refractivity contribution in [3.63, 3.8) is 0 Å². The van der Waals surface area contributed by atoms with Crippen molar-refractivity contribution >= 4 is 11.5 Å². The van der Waals surface area contributed by atoms with Crippen molar-refractivity contribution < 1.29 is 9.32 Å². The Morgan fingerprint density at radius 2 is 2.06 bits per heavy atom. The Kier molecular flexibility index (Phi) is 3.72. The van der Waals surface area contributed by atoms with Crippen LogP contribution in [0.1, 0.15) is 35.4 Å². The topological polar surface area (TPSA) is 68.0 Å². The van der Waals surface area contributed by atoms with Gasteiger partial charge in [-0.1, -0.05) is 12.1 Å². The number of carbonyl (C=O) groups excluding carboxylic acids is 1. The summed E-state index contributed by atoms with van der Waals surface area (Å²) in [4.78, 5) is 15.5. The van der Waals surface area contributed by atoms with Crippen LogP contribution in [0.5, 0.6) is 0 Å². The first-order chi connectivity index (χ1) is 8.69. The maximum absolute atomic E-state index is 11.5. The molecule has 0 atom stereocenters. The van der Waals surface area contributed by atoms with E-state index in [9.17, 15) is 4.79 Å². The van der Waals surface area contributed by atoms with Crippen molar-refractivity contribution in [1.82, 2.24) is 10.1 Å². The molecule has 1 aromatic heterocycles. The van der Waals surface area contributed by atoms with Crippen LogP contribution in [0.25, 0.3) is 0 Å². The summed E-state index contributed by atoms with van der Waals surface area (Å²) < 4.78 is 4.99. The smallest absolute Gasteiger partial charge is 0.245 e. The Bertz CT molecular complexity index is 531. The summed E-state index contributed by atoms with van der Waals surface area (Å²) in [5, 5.41) is 6.86. The molecule has 1 aromatic carbocycles. The van der Waals surface area contributed by atoms with E-state index in [-0.39, 0.29) is 5.78 Å². The molecular weight excluding hydrogens is 230 g/mol. The van der Waals surface area contributed by atoms with Crippen molar-refractivity contribution in [3.05, 3.63) is 41.5 Å². The number of rotatable bonds is 5. The Morgan fingerprint density at radius 3 is 2.61 bits per heavy atom. The van der Waals surface area contributed by atoms with Crippen LogP contribution in [-0.4, -0.2) is 15.9 Å². The van der Waals surface area contributed by atoms with Gasteiger partial charge in [0.15, 0.2) is 11.6 Å². The highest BCUT2D eigenvalue weighted by Gasteiger charge is 2.04. The zero-order valence-corrected chi connectivity index (χ0v) is 10.4. The molecule has 94 valence electrons. The molecule has 2 aromatic rings. The van der Waals surface area contributed by atoms with E-state index >= 15 is 0 Å². The number of aromatic nitrogens is 2. The quantitative estimate of drug-likeness (QED) is 0.820. The van der Waals surface area contributed by atoms with Gasteiger partial charge in [0.2, 0.25) is 5.89 Å². The largest absolute Gasteiger partial charge is 0.376 e. The minimum atomic E-state index is 0.147. The monoisotopic (exact) mass is 245 g/mol. The molecule has 1 N–H and O–H groups in total. The number of carbonyl (C=O) groups is 1. The maximum Gasteiger partial charge on any atom is 0.245 e. The first-order valence-electron chi connectivity index (χ1n) is 5.85. The summed E-state index contributed by atoms with van der Waals surface area (Å²) in [6.07, 6.45) is 0.522. The van der Waals surface area contributed by atoms with Crippen molar-refractivity contribution in [2.75, 3.05) is 5.32 Å². The fourth-order valence-corrected chi connectivity index (χ4v) is 1.57. The minimum Gasteiger partial charge on any atom is -0.376 e. The van der Waals surface area contributed by atoms with Gasteiger partial charge in [-0.25, -0.2) is 0 Å². The molecule has 5 nitrogen and oxygen atoms in total. The second-order valence-electron chi connectivity index (χ2n) is 3.94. The molecule has 0 spiro atoms. The van der Waals surface area contributed by atoms with Crippen LogP contribution in [0.2, 0.25) is 0 Å². The molecule has 18 heavy (non-hydrogen) atoms. The molecule has 0 bridgehead atoms. The van der Waals surface area contributed by atoms with Crippen LogP contribution in [0.3, 0.4) is 0 Å². The van der Waals surface area contributed by atoms with Gasteiger partial charge in [-0.15, -0.1) is 0 Å². The predicted octanol–water partition coefficient (Wildman–Crippen LogP) is 2.58. The van der Waals surface area contributed by atoms with Gasteiger partial charge in [0.25, 0.3) is 0 Å². The highest BCUT2D eigenvalue weighted by molar-refractivity contribution is 5.96. The third-order valence-corrected chi connectivity index (χ3v) is 2.54. The molecule has 0 aliphatic carbocycles. The van der Waals surface area contributed by atoms with Gasteiger partial charge in [-0.05, 0) is 31.2 Å². The van der Waals surface area contributed by atoms with Crippen LogP contribution < -0.4 is 5.32 Å². The number of hydrogen-bond donors (Lipinski definition) is 1. The van der Waals surface area contributed by atoms with Crippen LogP contribution >= 0.6 is 0 Å². The molecule has 2 rings (SSSR count). The fourth-order valence-electron chi connectivity index (χ4n) is 1.57. The van der Waals surface area contributed by atoms with Gasteiger partial charge in [-0.3, -0.25) is 4.79 Å². The van der Waals surface area contributed by atoms with E-state index in [2.05, 4.69) is 15.5 Å². The summed E-state index contributed by atoms with van der Waals surface area (Å²) in [5.74, 6) is 1.31. The second-order valence-corrected chi connectivity index (χ2v) is 3.94. The lowest BCUT2D eigenvalue weighted by molar-refractivity contribution is 0.0988. The number of hydrogen-bond acceptors (Lipinski definition) is 5. The average molecular weight is 245 g/mol. The first kappa shape index (κ1) is 12.3. The molecule has 0 aliphatic heterocycles. The average Bonchev–Trinajstić information content (AvgIpc) is 2.82. The zero-order valence-electron chi connectivity index (χ0n) is 10.4. The van der Waals surface area contributed by atoms with Crippen LogP contribution in [0, 0.1) is 6.92 Å². The number of Topliss-reactive ketones (excluding diaryl/α,β-unsaturated/α-hetero) is 1. The number of aryl methyl sites for hydroxylation is 1. The maximum atomic E-state index is 11.5. The minimum absolute atomic E-state index is 0.147. The predicted molar refractivity (Wildman–Crippen MR) is 67.4 cm³/mol. The molecule has 0 saturated heterocycles. The molecule has 0 radical (unpaired) electrons. The number of anilines is 1. The van der Waals surface area contributed by atoms with Gasteiger partial charge in [0, 0.05) is 17.7 Å². The lowest BCUT2D eigenvalue weighted by Crippen LogP contribution is -2.01. The third-order valence-electron chi connectivity index (χ3n) is 2.54. The standard InChI is InChI=1S/C13H15N3O2/c1-3-12(17)10-4-6-11(7-5-10)14-8-13-15-9(2)16-18-13/h4-7,14H,3,8H2,1-2H3. The van der Waals surface area contributed by atoms with E-state index in [4.69, 9.17) is 4.52 Å². The van der Waals surface area contributed by atoms with Gasteiger partial charge >= 0.3 is 0 Å². The van der Waals surface area contributed by atoms with Gasteiger partial charge in [0.05, 0.1) is 6.54 Å². The van der Waals surface area contributed by atoms with E-state index < -0.39 is 0 Å². The first-order valence-corrected chi connectivity index (χ1v) is 5.85. The summed E-state index contributed by atoms with van der Waals surface area (Å²) >= 11 is 0. The SMILES string of the molecule is CCC(=O)c1ccc(NCc2nc(C)no2)cc1. The lowest BCUT2D eigenvalue weighted by atomic mass is 10.1. The Labute approximate surface area is 105 Å². The molecule has 0 unspecified atom stereocenters. The van der Waals surface area contributed by atoms with Gasteiger partial charge < -0.3 is 9.84 Å². The summed E-state index contributed by atoms with van der Waals surface area (Å²) in [6, 6.07) is 7.36. The van der Waals surface area contributed by atoms with E-state index in [0.717, 1.165) is 11.3 Å². The van der Waals surface area contributed by atoms with Crippen LogP contribution in [-0.2, 0) is 6.54 Å². The Hall–Kier alpha value is -2.17. The second kappa shape index (κ2) is 5.44. The number of ketones is 1. The number of nitrogens with zero attached hydrogens (tertiary/aromatic N) is 2. The third kappa shape index (κ3) is 2.94. The van der Waals surface area contributed by atoms with Gasteiger partial charge in [0.1, 0.15) is 0 Å². The number of nitrogens with one attached hydrogen (secondary N) is 1. The highest BCUT2D eigenvalue weighted by atomic mass is 16.5. The highest BCUT2D eigenvalue weighted by Crippen LogP contribution is 2.12. The fraction of sp³-hybridized carbons (Fsp3) is 0.308. The molecule has 5 heteroatoms. The van der Waals surface area contributed by atoms with Crippen LogP contribution in [0.15, 0.2) is 28.8 Å². The number of benzene rings is 1.